The van der Waals surface area contributed by atoms with Gasteiger partial charge in [-0.3, -0.25) is 4.98 Å². The number of hydrogen-bond donors (Lipinski definition) is 0. The summed E-state index contributed by atoms with van der Waals surface area (Å²) in [6.45, 7) is 0. The fourth-order valence-corrected chi connectivity index (χ4v) is 4.30. The minimum Gasteiger partial charge on any atom is -0.455 e. The Morgan fingerprint density at radius 3 is 2.28 bits per heavy atom. The minimum absolute atomic E-state index is 0.667. The lowest BCUT2D eigenvalue weighted by Gasteiger charge is -2.06. The number of para-hydroxylation sites is 2. The number of hydrogen-bond acceptors (Lipinski definition) is 2. The van der Waals surface area contributed by atoms with E-state index in [-0.39, 0.29) is 0 Å². The van der Waals surface area contributed by atoms with Crippen LogP contribution in [-0.4, -0.2) is 4.98 Å². The summed E-state index contributed by atoms with van der Waals surface area (Å²) in [6.07, 6.45) is 3.67. The maximum Gasteiger partial charge on any atom is 0.144 e. The van der Waals surface area contributed by atoms with Gasteiger partial charge >= 0.3 is 0 Å². The van der Waals surface area contributed by atoms with Crippen molar-refractivity contribution in [1.29, 1.82) is 0 Å². The first-order chi connectivity index (χ1) is 14.2. The fraction of sp³-hybridized carbons (Fsp3) is 0.0800. The molecule has 0 bridgehead atoms. The van der Waals surface area contributed by atoms with Gasteiger partial charge in [0.15, 0.2) is 0 Å². The predicted molar refractivity (Wildman–Crippen MR) is 121 cm³/mol. The Labute approximate surface area is 178 Å². The Morgan fingerprint density at radius 2 is 1.48 bits per heavy atom. The molecule has 0 aliphatic rings. The molecule has 0 aliphatic heterocycles. The number of furan rings is 1. The summed E-state index contributed by atoms with van der Waals surface area (Å²) in [4.78, 5) is 4.70. The average molecular weight is 418 g/mol. The lowest BCUT2D eigenvalue weighted by Crippen LogP contribution is -1.93. The highest BCUT2D eigenvalue weighted by Gasteiger charge is 2.12. The van der Waals surface area contributed by atoms with Crippen LogP contribution in [-0.2, 0) is 12.8 Å². The van der Waals surface area contributed by atoms with Gasteiger partial charge in [-0.2, -0.15) is 0 Å². The van der Waals surface area contributed by atoms with Crippen LogP contribution in [0.25, 0.3) is 33.2 Å². The Morgan fingerprint density at radius 1 is 0.724 bits per heavy atom. The molecule has 2 heterocycles. The van der Waals surface area contributed by atoms with Crippen molar-refractivity contribution in [2.24, 2.45) is 0 Å². The van der Waals surface area contributed by atoms with E-state index in [1.165, 1.54) is 5.56 Å². The first-order valence-corrected chi connectivity index (χ1v) is 10.2. The fourth-order valence-electron chi connectivity index (χ4n) is 3.72. The van der Waals surface area contributed by atoms with Gasteiger partial charge in [0.05, 0.1) is 5.69 Å². The molecule has 142 valence electrons. The van der Waals surface area contributed by atoms with Crippen molar-refractivity contribution in [1.82, 2.24) is 4.98 Å². The van der Waals surface area contributed by atoms with Gasteiger partial charge in [0.25, 0.3) is 0 Å². The average Bonchev–Trinajstić information content (AvgIpc) is 3.11. The predicted octanol–water partition coefficient (Wildman–Crippen LogP) is 7.74. The molecule has 0 aliphatic carbocycles. The van der Waals surface area contributed by atoms with Crippen LogP contribution in [0.2, 0.25) is 10.0 Å². The van der Waals surface area contributed by atoms with E-state index in [0.29, 0.717) is 10.0 Å². The lowest BCUT2D eigenvalue weighted by molar-refractivity contribution is 0.670. The summed E-state index contributed by atoms with van der Waals surface area (Å²) >= 11 is 12.2. The van der Waals surface area contributed by atoms with Gasteiger partial charge in [-0.15, -0.1) is 0 Å². The van der Waals surface area contributed by atoms with E-state index >= 15 is 0 Å². The third-order valence-electron chi connectivity index (χ3n) is 5.13. The Kier molecular flexibility index (Phi) is 4.75. The topological polar surface area (TPSA) is 26.0 Å². The Hall–Kier alpha value is -2.81. The number of benzene rings is 3. The number of pyridine rings is 1. The maximum absolute atomic E-state index is 6.13. The Bertz CT molecular complexity index is 1300. The first kappa shape index (κ1) is 18.2. The number of aromatic nitrogens is 1. The molecular formula is C25H17Cl2NO. The summed E-state index contributed by atoms with van der Waals surface area (Å²) in [5.41, 5.74) is 5.98. The maximum atomic E-state index is 6.13. The number of fused-ring (bicyclic) bond motifs is 3. The molecule has 5 rings (SSSR count). The SMILES string of the molecule is Clc1cc(Cl)cc(CCc2ccc(-c3cccc4c3oc3ccccc34)nc2)c1. The molecule has 29 heavy (non-hydrogen) atoms. The second-order valence-corrected chi connectivity index (χ2v) is 7.98. The molecule has 0 radical (unpaired) electrons. The first-order valence-electron chi connectivity index (χ1n) is 9.48. The quantitative estimate of drug-likeness (QED) is 0.298. The van der Waals surface area contributed by atoms with Gasteiger partial charge in [0.2, 0.25) is 0 Å². The third kappa shape index (κ3) is 3.62. The summed E-state index contributed by atoms with van der Waals surface area (Å²) in [7, 11) is 0. The zero-order chi connectivity index (χ0) is 19.8. The molecule has 0 saturated carbocycles. The van der Waals surface area contributed by atoms with Gasteiger partial charge in [-0.05, 0) is 60.4 Å². The van der Waals surface area contributed by atoms with Gasteiger partial charge in [0, 0.05) is 32.6 Å². The van der Waals surface area contributed by atoms with E-state index < -0.39 is 0 Å². The normalized spacial score (nSPS) is 11.4. The van der Waals surface area contributed by atoms with E-state index in [2.05, 4.69) is 36.4 Å². The number of halogens is 2. The molecule has 5 aromatic rings. The number of nitrogens with zero attached hydrogens (tertiary/aromatic N) is 1. The molecule has 0 amide bonds. The van der Waals surface area contributed by atoms with Gasteiger partial charge in [-0.25, -0.2) is 0 Å². The largest absolute Gasteiger partial charge is 0.455 e. The molecule has 2 aromatic heterocycles. The zero-order valence-corrected chi connectivity index (χ0v) is 17.0. The lowest BCUT2D eigenvalue weighted by atomic mass is 10.0. The van der Waals surface area contributed by atoms with Crippen LogP contribution in [0.5, 0.6) is 0 Å². The summed E-state index contributed by atoms with van der Waals surface area (Å²) in [5, 5.41) is 3.57. The molecule has 0 fully saturated rings. The molecular weight excluding hydrogens is 401 g/mol. The minimum atomic E-state index is 0.667. The Balaban J connectivity index is 1.43. The summed E-state index contributed by atoms with van der Waals surface area (Å²) in [6, 6.07) is 24.2. The smallest absolute Gasteiger partial charge is 0.144 e. The second-order valence-electron chi connectivity index (χ2n) is 7.11. The molecule has 0 unspecified atom stereocenters. The van der Waals surface area contributed by atoms with Crippen LogP contribution < -0.4 is 0 Å². The number of rotatable bonds is 4. The van der Waals surface area contributed by atoms with Crippen LogP contribution in [0, 0.1) is 0 Å². The van der Waals surface area contributed by atoms with E-state index in [0.717, 1.165) is 51.6 Å². The molecule has 0 N–H and O–H groups in total. The summed E-state index contributed by atoms with van der Waals surface area (Å²) in [5.74, 6) is 0. The third-order valence-corrected chi connectivity index (χ3v) is 5.57. The van der Waals surface area contributed by atoms with Crippen LogP contribution in [0.4, 0.5) is 0 Å². The van der Waals surface area contributed by atoms with Crippen LogP contribution in [0.3, 0.4) is 0 Å². The summed E-state index contributed by atoms with van der Waals surface area (Å²) < 4.78 is 6.13. The molecule has 3 aromatic carbocycles. The van der Waals surface area contributed by atoms with Crippen molar-refractivity contribution in [2.75, 3.05) is 0 Å². The van der Waals surface area contributed by atoms with Crippen LogP contribution >= 0.6 is 23.2 Å². The van der Waals surface area contributed by atoms with Crippen molar-refractivity contribution >= 4 is 45.1 Å². The van der Waals surface area contributed by atoms with Crippen LogP contribution in [0.1, 0.15) is 11.1 Å². The van der Waals surface area contributed by atoms with Crippen molar-refractivity contribution in [3.63, 3.8) is 0 Å². The molecule has 0 atom stereocenters. The van der Waals surface area contributed by atoms with Crippen molar-refractivity contribution in [3.8, 4) is 11.3 Å². The van der Waals surface area contributed by atoms with Crippen molar-refractivity contribution in [2.45, 2.75) is 12.8 Å². The molecule has 2 nitrogen and oxygen atoms in total. The highest BCUT2D eigenvalue weighted by Crippen LogP contribution is 2.34. The van der Waals surface area contributed by atoms with Gasteiger partial charge in [-0.1, -0.05) is 59.6 Å². The molecule has 4 heteroatoms. The van der Waals surface area contributed by atoms with E-state index in [1.54, 1.807) is 6.07 Å². The van der Waals surface area contributed by atoms with E-state index in [1.807, 2.05) is 36.5 Å². The highest BCUT2D eigenvalue weighted by atomic mass is 35.5. The van der Waals surface area contributed by atoms with Crippen LogP contribution in [0.15, 0.2) is 83.4 Å². The molecule has 0 saturated heterocycles. The van der Waals surface area contributed by atoms with Gasteiger partial charge in [0.1, 0.15) is 11.2 Å². The number of aryl methyl sites for hydroxylation is 2. The van der Waals surface area contributed by atoms with Gasteiger partial charge < -0.3 is 4.42 Å². The van der Waals surface area contributed by atoms with Crippen molar-refractivity contribution in [3.05, 3.63) is 100 Å². The standard InChI is InChI=1S/C25H17Cl2NO/c26-18-12-17(13-19(27)14-18)9-8-16-10-11-23(28-15-16)22-6-3-5-21-20-4-1-2-7-24(20)29-25(21)22/h1-7,10-15H,8-9H2. The zero-order valence-electron chi connectivity index (χ0n) is 15.5. The monoisotopic (exact) mass is 417 g/mol. The molecule has 0 spiro atoms. The second kappa shape index (κ2) is 7.55. The van der Waals surface area contributed by atoms with E-state index in [4.69, 9.17) is 32.6 Å². The highest BCUT2D eigenvalue weighted by molar-refractivity contribution is 6.34. The van der Waals surface area contributed by atoms with E-state index in [9.17, 15) is 0 Å². The van der Waals surface area contributed by atoms with Crippen molar-refractivity contribution < 1.29 is 4.42 Å².